The minimum absolute atomic E-state index is 0.477. The Bertz CT molecular complexity index is 114. The van der Waals surface area contributed by atoms with Gasteiger partial charge in [-0.25, -0.2) is 0 Å². The Labute approximate surface area is 59.8 Å². The zero-order valence-corrected chi connectivity index (χ0v) is 6.26. The van der Waals surface area contributed by atoms with E-state index >= 15 is 0 Å². The van der Waals surface area contributed by atoms with E-state index in [9.17, 15) is 0 Å². The minimum atomic E-state index is 0.477. The molecule has 0 spiro atoms. The second-order valence-electron chi connectivity index (χ2n) is 1.47. The summed E-state index contributed by atoms with van der Waals surface area (Å²) in [6, 6.07) is 0. The van der Waals surface area contributed by atoms with E-state index in [4.69, 9.17) is 23.2 Å². The van der Waals surface area contributed by atoms with Crippen LogP contribution in [0.25, 0.3) is 0 Å². The summed E-state index contributed by atoms with van der Waals surface area (Å²) in [5.74, 6) is 0.477. The first-order chi connectivity index (χ1) is 3.72. The van der Waals surface area contributed by atoms with E-state index in [1.54, 1.807) is 6.08 Å². The van der Waals surface area contributed by atoms with Crippen molar-refractivity contribution in [1.82, 2.24) is 0 Å². The molecule has 0 fully saturated rings. The number of halogens is 2. The average molecular weight is 151 g/mol. The lowest BCUT2D eigenvalue weighted by molar-refractivity contribution is 1.38. The number of hydrogen-bond acceptors (Lipinski definition) is 0. The molecule has 0 radical (unpaired) electrons. The highest BCUT2D eigenvalue weighted by molar-refractivity contribution is 6.32. The smallest absolute Gasteiger partial charge is 0.0448 e. The standard InChI is InChI=1S/C6H8Cl2/c1-3-6(8)5(2)4-7/h3H,1,4H2,2H3. The monoisotopic (exact) mass is 150 g/mol. The predicted molar refractivity (Wildman–Crippen MR) is 39.5 cm³/mol. The molecular formula is C6H8Cl2. The summed E-state index contributed by atoms with van der Waals surface area (Å²) in [7, 11) is 0. The molecule has 2 heteroatoms. The molecule has 8 heavy (non-hydrogen) atoms. The van der Waals surface area contributed by atoms with E-state index in [2.05, 4.69) is 6.58 Å². The summed E-state index contributed by atoms with van der Waals surface area (Å²) >= 11 is 11.0. The van der Waals surface area contributed by atoms with E-state index in [0.717, 1.165) is 5.57 Å². The van der Waals surface area contributed by atoms with Crippen LogP contribution in [0.2, 0.25) is 0 Å². The molecule has 0 bridgehead atoms. The molecule has 0 heterocycles. The van der Waals surface area contributed by atoms with Crippen LogP contribution in [-0.2, 0) is 0 Å². The highest BCUT2D eigenvalue weighted by Gasteiger charge is 1.89. The fourth-order valence-corrected chi connectivity index (χ4v) is 0.517. The average Bonchev–Trinajstić information content (AvgIpc) is 1.84. The minimum Gasteiger partial charge on any atom is -0.122 e. The van der Waals surface area contributed by atoms with Crippen LogP contribution in [-0.4, -0.2) is 5.88 Å². The summed E-state index contributed by atoms with van der Waals surface area (Å²) in [5.41, 5.74) is 0.961. The Hall–Kier alpha value is 0.0600. The molecule has 0 nitrogen and oxygen atoms in total. The third kappa shape index (κ3) is 2.39. The van der Waals surface area contributed by atoms with Crippen molar-refractivity contribution < 1.29 is 0 Å². The molecule has 0 saturated heterocycles. The van der Waals surface area contributed by atoms with E-state index < -0.39 is 0 Å². The van der Waals surface area contributed by atoms with Gasteiger partial charge in [-0.2, -0.15) is 0 Å². The SMILES string of the molecule is C=CC(Cl)=C(C)CCl. The van der Waals surface area contributed by atoms with Gasteiger partial charge in [-0.3, -0.25) is 0 Å². The Morgan fingerprint density at radius 3 is 2.38 bits per heavy atom. The topological polar surface area (TPSA) is 0 Å². The maximum atomic E-state index is 5.59. The van der Waals surface area contributed by atoms with Gasteiger partial charge < -0.3 is 0 Å². The Balaban J connectivity index is 4.03. The molecule has 0 aliphatic heterocycles. The van der Waals surface area contributed by atoms with Crippen molar-refractivity contribution in [3.8, 4) is 0 Å². The maximum Gasteiger partial charge on any atom is 0.0448 e. The van der Waals surface area contributed by atoms with Gasteiger partial charge >= 0.3 is 0 Å². The van der Waals surface area contributed by atoms with Crippen LogP contribution >= 0.6 is 23.2 Å². The van der Waals surface area contributed by atoms with E-state index in [0.29, 0.717) is 10.9 Å². The quantitative estimate of drug-likeness (QED) is 0.420. The molecule has 0 atom stereocenters. The number of allylic oxidation sites excluding steroid dienone is 3. The molecule has 0 aliphatic carbocycles. The van der Waals surface area contributed by atoms with Crippen molar-refractivity contribution >= 4 is 23.2 Å². The normalized spacial score (nSPS) is 12.9. The fraction of sp³-hybridized carbons (Fsp3) is 0.333. The van der Waals surface area contributed by atoms with Gasteiger partial charge in [0.15, 0.2) is 0 Å². The van der Waals surface area contributed by atoms with Crippen molar-refractivity contribution in [2.45, 2.75) is 6.92 Å². The molecule has 0 aromatic rings. The van der Waals surface area contributed by atoms with Crippen molar-refractivity contribution in [2.24, 2.45) is 0 Å². The van der Waals surface area contributed by atoms with Crippen LogP contribution in [0.5, 0.6) is 0 Å². The third-order valence-corrected chi connectivity index (χ3v) is 1.67. The lowest BCUT2D eigenvalue weighted by Gasteiger charge is -1.92. The first-order valence-corrected chi connectivity index (χ1v) is 3.17. The van der Waals surface area contributed by atoms with Crippen LogP contribution in [0.4, 0.5) is 0 Å². The van der Waals surface area contributed by atoms with E-state index in [-0.39, 0.29) is 0 Å². The number of rotatable bonds is 2. The summed E-state index contributed by atoms with van der Waals surface area (Å²) in [5, 5.41) is 0.653. The first-order valence-electron chi connectivity index (χ1n) is 2.26. The second-order valence-corrected chi connectivity index (χ2v) is 2.14. The maximum absolute atomic E-state index is 5.59. The number of hydrogen-bond donors (Lipinski definition) is 0. The molecule has 0 aromatic heterocycles. The van der Waals surface area contributed by atoms with Crippen molar-refractivity contribution in [3.63, 3.8) is 0 Å². The van der Waals surface area contributed by atoms with Crippen molar-refractivity contribution in [3.05, 3.63) is 23.3 Å². The lowest BCUT2D eigenvalue weighted by Crippen LogP contribution is -1.77. The summed E-state index contributed by atoms with van der Waals surface area (Å²) < 4.78 is 0. The Morgan fingerprint density at radius 2 is 2.25 bits per heavy atom. The van der Waals surface area contributed by atoms with Gasteiger partial charge in [0.05, 0.1) is 0 Å². The van der Waals surface area contributed by atoms with Crippen molar-refractivity contribution in [2.75, 3.05) is 5.88 Å². The van der Waals surface area contributed by atoms with Crippen molar-refractivity contribution in [1.29, 1.82) is 0 Å². The summed E-state index contributed by atoms with van der Waals surface area (Å²) in [6.45, 7) is 5.35. The predicted octanol–water partition coefficient (Wildman–Crippen LogP) is 2.92. The van der Waals surface area contributed by atoms with E-state index in [1.807, 2.05) is 6.92 Å². The van der Waals surface area contributed by atoms with Gasteiger partial charge in [0, 0.05) is 10.9 Å². The van der Waals surface area contributed by atoms with Gasteiger partial charge in [-0.15, -0.1) is 11.6 Å². The van der Waals surface area contributed by atoms with Crippen LogP contribution < -0.4 is 0 Å². The van der Waals surface area contributed by atoms with Crippen LogP contribution in [0.15, 0.2) is 23.3 Å². The highest BCUT2D eigenvalue weighted by Crippen LogP contribution is 2.10. The second kappa shape index (κ2) is 3.99. The van der Waals surface area contributed by atoms with Crippen LogP contribution in [0.3, 0.4) is 0 Å². The molecule has 0 amide bonds. The molecule has 0 unspecified atom stereocenters. The molecule has 0 saturated carbocycles. The lowest BCUT2D eigenvalue weighted by atomic mass is 10.3. The van der Waals surface area contributed by atoms with Gasteiger partial charge in [-0.1, -0.05) is 24.3 Å². The Kier molecular flexibility index (Phi) is 4.02. The van der Waals surface area contributed by atoms with Crippen LogP contribution in [0, 0.1) is 0 Å². The van der Waals surface area contributed by atoms with Gasteiger partial charge in [0.2, 0.25) is 0 Å². The van der Waals surface area contributed by atoms with E-state index in [1.165, 1.54) is 0 Å². The summed E-state index contributed by atoms with van der Waals surface area (Å²) in [6.07, 6.45) is 1.58. The number of alkyl halides is 1. The molecule has 0 aromatic carbocycles. The molecule has 0 aliphatic rings. The van der Waals surface area contributed by atoms with Gasteiger partial charge in [0.25, 0.3) is 0 Å². The first kappa shape index (κ1) is 8.06. The fourth-order valence-electron chi connectivity index (χ4n) is 0.238. The van der Waals surface area contributed by atoms with Crippen LogP contribution in [0.1, 0.15) is 6.92 Å². The summed E-state index contributed by atoms with van der Waals surface area (Å²) in [4.78, 5) is 0. The van der Waals surface area contributed by atoms with Gasteiger partial charge in [0.1, 0.15) is 0 Å². The molecule has 46 valence electrons. The Morgan fingerprint density at radius 1 is 1.75 bits per heavy atom. The molecule has 0 N–H and O–H groups in total. The molecule has 0 rings (SSSR count). The molecular weight excluding hydrogens is 143 g/mol. The zero-order chi connectivity index (χ0) is 6.57. The highest BCUT2D eigenvalue weighted by atomic mass is 35.5. The largest absolute Gasteiger partial charge is 0.122 e. The third-order valence-electron chi connectivity index (χ3n) is 0.787. The van der Waals surface area contributed by atoms with Gasteiger partial charge in [-0.05, 0) is 12.5 Å². The zero-order valence-electron chi connectivity index (χ0n) is 4.75.